The highest BCUT2D eigenvalue weighted by atomic mass is 28.4. The predicted molar refractivity (Wildman–Crippen MR) is 87.2 cm³/mol. The van der Waals surface area contributed by atoms with E-state index in [1.54, 1.807) is 0 Å². The van der Waals surface area contributed by atoms with Crippen LogP contribution >= 0.6 is 0 Å². The minimum atomic E-state index is -1.68. The number of hydrogen-bond donors (Lipinski definition) is 0. The lowest BCUT2D eigenvalue weighted by Gasteiger charge is -2.39. The standard InChI is InChI=1S/C16H32N2OSi/c1-7-18-11-8-16(14-17,9-12-18)10-13-19-20(5,6)15(2,3)4/h7-13H2,1-6H3. The molecule has 0 aliphatic carbocycles. The van der Waals surface area contributed by atoms with E-state index >= 15 is 0 Å². The van der Waals surface area contributed by atoms with Gasteiger partial charge in [0.1, 0.15) is 0 Å². The molecular formula is C16H32N2OSi. The second kappa shape index (κ2) is 6.59. The van der Waals surface area contributed by atoms with Crippen molar-refractivity contribution in [3.8, 4) is 6.07 Å². The maximum absolute atomic E-state index is 9.58. The summed E-state index contributed by atoms with van der Waals surface area (Å²) in [5.41, 5.74) is -0.145. The third kappa shape index (κ3) is 4.31. The fourth-order valence-corrected chi connectivity index (χ4v) is 3.48. The molecule has 0 aromatic rings. The lowest BCUT2D eigenvalue weighted by Crippen LogP contribution is -2.43. The Labute approximate surface area is 126 Å². The van der Waals surface area contributed by atoms with Crippen LogP contribution in [0.5, 0.6) is 0 Å². The first-order valence-corrected chi connectivity index (χ1v) is 10.8. The largest absolute Gasteiger partial charge is 0.417 e. The molecule has 3 nitrogen and oxygen atoms in total. The highest BCUT2D eigenvalue weighted by molar-refractivity contribution is 6.74. The maximum atomic E-state index is 9.58. The molecule has 1 fully saturated rings. The highest BCUT2D eigenvalue weighted by Gasteiger charge is 2.39. The van der Waals surface area contributed by atoms with Crippen molar-refractivity contribution in [1.82, 2.24) is 4.90 Å². The van der Waals surface area contributed by atoms with Crippen LogP contribution in [0.2, 0.25) is 18.1 Å². The molecular weight excluding hydrogens is 264 g/mol. The van der Waals surface area contributed by atoms with Gasteiger partial charge in [0.05, 0.1) is 11.5 Å². The second-order valence-electron chi connectivity index (χ2n) is 7.69. The Morgan fingerprint density at radius 2 is 1.80 bits per heavy atom. The molecule has 20 heavy (non-hydrogen) atoms. The van der Waals surface area contributed by atoms with Crippen LogP contribution in [0, 0.1) is 16.7 Å². The third-order valence-corrected chi connectivity index (χ3v) is 9.89. The zero-order chi connectivity index (χ0) is 15.4. The van der Waals surface area contributed by atoms with Crippen molar-refractivity contribution in [1.29, 1.82) is 5.26 Å². The average molecular weight is 297 g/mol. The van der Waals surface area contributed by atoms with Gasteiger partial charge in [0.25, 0.3) is 0 Å². The van der Waals surface area contributed by atoms with E-state index in [1.807, 2.05) is 0 Å². The number of rotatable bonds is 5. The molecule has 0 spiro atoms. The van der Waals surface area contributed by atoms with E-state index in [2.05, 4.69) is 51.8 Å². The predicted octanol–water partition coefficient (Wildman–Crippen LogP) is 4.02. The topological polar surface area (TPSA) is 36.3 Å². The van der Waals surface area contributed by atoms with Crippen molar-refractivity contribution < 1.29 is 4.43 Å². The molecule has 0 atom stereocenters. The van der Waals surface area contributed by atoms with Crippen LogP contribution in [0.1, 0.15) is 47.0 Å². The summed E-state index contributed by atoms with van der Waals surface area (Å²) in [6.07, 6.45) is 2.89. The van der Waals surface area contributed by atoms with Crippen molar-refractivity contribution in [3.05, 3.63) is 0 Å². The van der Waals surface area contributed by atoms with E-state index in [1.165, 1.54) is 0 Å². The Hall–Kier alpha value is -0.373. The van der Waals surface area contributed by atoms with Crippen LogP contribution in [0.15, 0.2) is 0 Å². The monoisotopic (exact) mass is 296 g/mol. The molecule has 1 heterocycles. The SMILES string of the molecule is CCN1CCC(C#N)(CCO[Si](C)(C)C(C)(C)C)CC1. The second-order valence-corrected chi connectivity index (χ2v) is 12.5. The van der Waals surface area contributed by atoms with Gasteiger partial charge in [-0.25, -0.2) is 0 Å². The summed E-state index contributed by atoms with van der Waals surface area (Å²) in [6.45, 7) is 17.5. The van der Waals surface area contributed by atoms with Crippen molar-refractivity contribution in [2.75, 3.05) is 26.2 Å². The highest BCUT2D eigenvalue weighted by Crippen LogP contribution is 2.38. The van der Waals surface area contributed by atoms with Gasteiger partial charge in [-0.3, -0.25) is 0 Å². The van der Waals surface area contributed by atoms with Gasteiger partial charge >= 0.3 is 0 Å². The first-order valence-electron chi connectivity index (χ1n) is 7.93. The van der Waals surface area contributed by atoms with E-state index in [0.29, 0.717) is 0 Å². The molecule has 0 amide bonds. The van der Waals surface area contributed by atoms with Crippen molar-refractivity contribution in [2.45, 2.75) is 65.1 Å². The van der Waals surface area contributed by atoms with Gasteiger partial charge in [0.2, 0.25) is 0 Å². The fourth-order valence-electron chi connectivity index (χ4n) is 2.43. The van der Waals surface area contributed by atoms with E-state index in [9.17, 15) is 5.26 Å². The molecule has 0 saturated carbocycles. The summed E-state index contributed by atoms with van der Waals surface area (Å²) in [5.74, 6) is 0. The summed E-state index contributed by atoms with van der Waals surface area (Å²) >= 11 is 0. The quantitative estimate of drug-likeness (QED) is 0.719. The minimum absolute atomic E-state index is 0.145. The smallest absolute Gasteiger partial charge is 0.191 e. The molecule has 0 aromatic heterocycles. The van der Waals surface area contributed by atoms with Crippen LogP contribution in [0.25, 0.3) is 0 Å². The minimum Gasteiger partial charge on any atom is -0.417 e. The molecule has 0 radical (unpaired) electrons. The number of piperidine rings is 1. The number of likely N-dealkylation sites (tertiary alicyclic amines) is 1. The Morgan fingerprint density at radius 3 is 2.20 bits per heavy atom. The molecule has 0 aromatic carbocycles. The molecule has 0 bridgehead atoms. The number of nitriles is 1. The lowest BCUT2D eigenvalue weighted by molar-refractivity contribution is 0.122. The van der Waals surface area contributed by atoms with Gasteiger partial charge < -0.3 is 9.33 Å². The van der Waals surface area contributed by atoms with Crippen LogP contribution in [-0.4, -0.2) is 39.5 Å². The van der Waals surface area contributed by atoms with Gasteiger partial charge in [-0.2, -0.15) is 5.26 Å². The van der Waals surface area contributed by atoms with Crippen LogP contribution in [0.3, 0.4) is 0 Å². The van der Waals surface area contributed by atoms with Gasteiger partial charge in [0.15, 0.2) is 8.32 Å². The van der Waals surface area contributed by atoms with Crippen LogP contribution < -0.4 is 0 Å². The molecule has 1 saturated heterocycles. The summed E-state index contributed by atoms with van der Waals surface area (Å²) in [6, 6.07) is 2.60. The molecule has 1 aliphatic heterocycles. The van der Waals surface area contributed by atoms with Gasteiger partial charge in [-0.05, 0) is 57.0 Å². The molecule has 4 heteroatoms. The summed E-state index contributed by atoms with van der Waals surface area (Å²) in [7, 11) is -1.68. The molecule has 1 rings (SSSR count). The third-order valence-electron chi connectivity index (χ3n) is 5.35. The molecule has 0 N–H and O–H groups in total. The Balaban J connectivity index is 2.50. The Morgan fingerprint density at radius 1 is 1.25 bits per heavy atom. The summed E-state index contributed by atoms with van der Waals surface area (Å²) in [5, 5.41) is 9.83. The van der Waals surface area contributed by atoms with Gasteiger partial charge in [0, 0.05) is 6.61 Å². The van der Waals surface area contributed by atoms with E-state index < -0.39 is 8.32 Å². The first kappa shape index (κ1) is 17.7. The van der Waals surface area contributed by atoms with E-state index in [0.717, 1.165) is 45.5 Å². The van der Waals surface area contributed by atoms with Crippen LogP contribution in [0.4, 0.5) is 0 Å². The number of nitrogens with zero attached hydrogens (tertiary/aromatic N) is 2. The normalized spacial score (nSPS) is 20.6. The number of hydrogen-bond acceptors (Lipinski definition) is 3. The fraction of sp³-hybridized carbons (Fsp3) is 0.938. The van der Waals surface area contributed by atoms with Crippen molar-refractivity contribution >= 4 is 8.32 Å². The van der Waals surface area contributed by atoms with Crippen molar-refractivity contribution in [3.63, 3.8) is 0 Å². The average Bonchev–Trinajstić information content (AvgIpc) is 2.38. The van der Waals surface area contributed by atoms with Crippen molar-refractivity contribution in [2.24, 2.45) is 5.41 Å². The summed E-state index contributed by atoms with van der Waals surface area (Å²) < 4.78 is 6.25. The van der Waals surface area contributed by atoms with E-state index in [-0.39, 0.29) is 10.5 Å². The zero-order valence-corrected chi connectivity index (χ0v) is 15.3. The maximum Gasteiger partial charge on any atom is 0.191 e. The lowest BCUT2D eigenvalue weighted by atomic mass is 9.77. The molecule has 1 aliphatic rings. The zero-order valence-electron chi connectivity index (χ0n) is 14.3. The van der Waals surface area contributed by atoms with Gasteiger partial charge in [-0.1, -0.05) is 27.7 Å². The van der Waals surface area contributed by atoms with E-state index in [4.69, 9.17) is 4.43 Å². The van der Waals surface area contributed by atoms with Crippen LogP contribution in [-0.2, 0) is 4.43 Å². The first-order chi connectivity index (χ1) is 9.16. The molecule has 116 valence electrons. The summed E-state index contributed by atoms with van der Waals surface area (Å²) in [4.78, 5) is 2.43. The Kier molecular flexibility index (Phi) is 5.83. The Bertz CT molecular complexity index is 346. The van der Waals surface area contributed by atoms with Gasteiger partial charge in [-0.15, -0.1) is 0 Å². The molecule has 0 unspecified atom stereocenters.